The monoisotopic (exact) mass is 228 g/mol. The first-order valence-electron chi connectivity index (χ1n) is 6.19. The van der Waals surface area contributed by atoms with E-state index in [9.17, 15) is 0 Å². The highest BCUT2D eigenvalue weighted by atomic mass is 16.6. The maximum atomic E-state index is 5.22. The number of nitrogens with one attached hydrogen (secondary N) is 1. The highest BCUT2D eigenvalue weighted by Gasteiger charge is 2.21. The third kappa shape index (κ3) is 1.71. The second-order valence-corrected chi connectivity index (χ2v) is 4.33. The Hall–Kier alpha value is -1.77. The van der Waals surface area contributed by atoms with Crippen LogP contribution < -0.4 is 0 Å². The lowest BCUT2D eigenvalue weighted by Crippen LogP contribution is -2.11. The summed E-state index contributed by atoms with van der Waals surface area (Å²) >= 11 is 0. The molecule has 3 rings (SSSR count). The molecule has 0 bridgehead atoms. The van der Waals surface area contributed by atoms with Crippen molar-refractivity contribution in [3.8, 4) is 0 Å². The van der Waals surface area contributed by atoms with Crippen molar-refractivity contribution in [2.75, 3.05) is 6.61 Å². The van der Waals surface area contributed by atoms with Crippen LogP contribution in [0.4, 0.5) is 0 Å². The van der Waals surface area contributed by atoms with Crippen LogP contribution in [0, 0.1) is 0 Å². The number of para-hydroxylation sites is 1. The lowest BCUT2D eigenvalue weighted by Gasteiger charge is -2.13. The number of hydrogen-bond donors (Lipinski definition) is 1. The molecule has 1 heterocycles. The molecule has 1 aromatic heterocycles. The minimum atomic E-state index is 0.626. The zero-order chi connectivity index (χ0) is 11.7. The van der Waals surface area contributed by atoms with Gasteiger partial charge in [-0.05, 0) is 32.3 Å². The number of aromatic amines is 1. The third-order valence-corrected chi connectivity index (χ3v) is 3.22. The van der Waals surface area contributed by atoms with Gasteiger partial charge in [-0.3, -0.25) is 0 Å². The van der Waals surface area contributed by atoms with Gasteiger partial charge in [-0.1, -0.05) is 23.4 Å². The molecule has 1 aliphatic rings. The molecule has 0 aliphatic heterocycles. The molecule has 0 saturated heterocycles. The van der Waals surface area contributed by atoms with E-state index in [1.807, 2.05) is 6.92 Å². The predicted octanol–water partition coefficient (Wildman–Crippen LogP) is 3.24. The normalized spacial score (nSPS) is 17.4. The summed E-state index contributed by atoms with van der Waals surface area (Å²) in [6, 6.07) is 8.40. The minimum Gasteiger partial charge on any atom is -0.396 e. The largest absolute Gasteiger partial charge is 0.396 e. The van der Waals surface area contributed by atoms with Gasteiger partial charge in [0.25, 0.3) is 0 Å². The fourth-order valence-electron chi connectivity index (χ4n) is 2.51. The van der Waals surface area contributed by atoms with Crippen LogP contribution >= 0.6 is 0 Å². The molecule has 1 N–H and O–H groups in total. The van der Waals surface area contributed by atoms with Gasteiger partial charge in [0.15, 0.2) is 0 Å². The lowest BCUT2D eigenvalue weighted by atomic mass is 9.94. The van der Waals surface area contributed by atoms with Crippen molar-refractivity contribution in [3.05, 3.63) is 35.5 Å². The standard InChI is InChI=1S/C14H16N2O/c1-2-17-16-13-9-5-8-12-14(13)10-6-3-4-7-11(10)15-12/h3-4,6-7,15H,2,5,8-9H2,1H3. The summed E-state index contributed by atoms with van der Waals surface area (Å²) in [5.74, 6) is 0. The van der Waals surface area contributed by atoms with Gasteiger partial charge >= 0.3 is 0 Å². The molecule has 0 atom stereocenters. The molecule has 1 aromatic carbocycles. The second kappa shape index (κ2) is 4.24. The fourth-order valence-corrected chi connectivity index (χ4v) is 2.51. The van der Waals surface area contributed by atoms with Gasteiger partial charge in [0.05, 0.1) is 5.71 Å². The summed E-state index contributed by atoms with van der Waals surface area (Å²) in [6.07, 6.45) is 3.26. The highest BCUT2D eigenvalue weighted by molar-refractivity contribution is 6.12. The van der Waals surface area contributed by atoms with E-state index >= 15 is 0 Å². The maximum absolute atomic E-state index is 5.22. The van der Waals surface area contributed by atoms with Gasteiger partial charge in [-0.15, -0.1) is 0 Å². The number of benzene rings is 1. The van der Waals surface area contributed by atoms with Crippen LogP contribution in [0.3, 0.4) is 0 Å². The van der Waals surface area contributed by atoms with Crippen molar-refractivity contribution in [2.45, 2.75) is 26.2 Å². The Balaban J connectivity index is 2.17. The fraction of sp³-hybridized carbons (Fsp3) is 0.357. The summed E-state index contributed by atoms with van der Waals surface area (Å²) in [7, 11) is 0. The summed E-state index contributed by atoms with van der Waals surface area (Å²) in [6.45, 7) is 2.59. The van der Waals surface area contributed by atoms with Crippen molar-refractivity contribution in [3.63, 3.8) is 0 Å². The van der Waals surface area contributed by atoms with Crippen LogP contribution in [0.1, 0.15) is 31.0 Å². The van der Waals surface area contributed by atoms with Gasteiger partial charge in [-0.25, -0.2) is 0 Å². The van der Waals surface area contributed by atoms with Crippen molar-refractivity contribution < 1.29 is 4.84 Å². The van der Waals surface area contributed by atoms with Crippen molar-refractivity contribution in [1.29, 1.82) is 0 Å². The molecule has 0 spiro atoms. The molecule has 0 saturated carbocycles. The number of aromatic nitrogens is 1. The van der Waals surface area contributed by atoms with Crippen LogP contribution in [-0.2, 0) is 11.3 Å². The smallest absolute Gasteiger partial charge is 0.114 e. The first-order chi connectivity index (χ1) is 8.40. The molecular weight excluding hydrogens is 212 g/mol. The Morgan fingerprint density at radius 1 is 1.29 bits per heavy atom. The average Bonchev–Trinajstić information content (AvgIpc) is 2.75. The second-order valence-electron chi connectivity index (χ2n) is 4.33. The molecule has 0 radical (unpaired) electrons. The zero-order valence-electron chi connectivity index (χ0n) is 9.99. The van der Waals surface area contributed by atoms with E-state index in [-0.39, 0.29) is 0 Å². The maximum Gasteiger partial charge on any atom is 0.114 e. The molecule has 88 valence electrons. The van der Waals surface area contributed by atoms with E-state index in [1.165, 1.54) is 22.2 Å². The number of nitrogens with zero attached hydrogens (tertiary/aromatic N) is 1. The van der Waals surface area contributed by atoms with Gasteiger partial charge < -0.3 is 9.82 Å². The predicted molar refractivity (Wildman–Crippen MR) is 69.4 cm³/mol. The molecular formula is C14H16N2O. The van der Waals surface area contributed by atoms with E-state index < -0.39 is 0 Å². The van der Waals surface area contributed by atoms with Crippen LogP contribution in [0.5, 0.6) is 0 Å². The van der Waals surface area contributed by atoms with E-state index in [0.717, 1.165) is 25.0 Å². The number of rotatable bonds is 2. The van der Waals surface area contributed by atoms with E-state index in [0.29, 0.717) is 6.61 Å². The van der Waals surface area contributed by atoms with Crippen molar-refractivity contribution in [1.82, 2.24) is 4.98 Å². The molecule has 0 amide bonds. The van der Waals surface area contributed by atoms with Gasteiger partial charge in [-0.2, -0.15) is 0 Å². The van der Waals surface area contributed by atoms with Crippen molar-refractivity contribution >= 4 is 16.6 Å². The first-order valence-corrected chi connectivity index (χ1v) is 6.19. The number of H-pyrrole nitrogens is 1. The van der Waals surface area contributed by atoms with Crippen LogP contribution in [0.2, 0.25) is 0 Å². The Labute approximate surface area is 100 Å². The Morgan fingerprint density at radius 2 is 2.18 bits per heavy atom. The third-order valence-electron chi connectivity index (χ3n) is 3.22. The van der Waals surface area contributed by atoms with Crippen molar-refractivity contribution in [2.24, 2.45) is 5.16 Å². The zero-order valence-corrected chi connectivity index (χ0v) is 9.99. The molecule has 3 nitrogen and oxygen atoms in total. The minimum absolute atomic E-state index is 0.626. The molecule has 1 aliphatic carbocycles. The Kier molecular flexibility index (Phi) is 2.59. The number of fused-ring (bicyclic) bond motifs is 3. The van der Waals surface area contributed by atoms with Crippen LogP contribution in [0.25, 0.3) is 10.9 Å². The first kappa shape index (κ1) is 10.4. The summed E-state index contributed by atoms with van der Waals surface area (Å²) in [5, 5.41) is 5.53. The van der Waals surface area contributed by atoms with E-state index in [4.69, 9.17) is 4.84 Å². The van der Waals surface area contributed by atoms with Crippen LogP contribution in [-0.4, -0.2) is 17.3 Å². The van der Waals surface area contributed by atoms with Crippen LogP contribution in [0.15, 0.2) is 29.4 Å². The molecule has 2 aromatic rings. The number of oxime groups is 1. The SMILES string of the molecule is CCON=C1CCCc2[nH]c3ccccc3c21. The number of aryl methyl sites for hydroxylation is 1. The molecule has 0 fully saturated rings. The summed E-state index contributed by atoms with van der Waals surface area (Å²) < 4.78 is 0. The van der Waals surface area contributed by atoms with Gasteiger partial charge in [0.1, 0.15) is 6.61 Å². The Morgan fingerprint density at radius 3 is 3.06 bits per heavy atom. The van der Waals surface area contributed by atoms with Gasteiger partial charge in [0.2, 0.25) is 0 Å². The quantitative estimate of drug-likeness (QED) is 0.787. The molecule has 3 heteroatoms. The summed E-state index contributed by atoms with van der Waals surface area (Å²) in [5.41, 5.74) is 4.85. The van der Waals surface area contributed by atoms with Gasteiger partial charge in [0, 0.05) is 22.2 Å². The Bertz CT molecular complexity index is 569. The molecule has 17 heavy (non-hydrogen) atoms. The van der Waals surface area contributed by atoms with E-state index in [1.54, 1.807) is 0 Å². The molecule has 0 unspecified atom stereocenters. The lowest BCUT2D eigenvalue weighted by molar-refractivity contribution is 0.158. The highest BCUT2D eigenvalue weighted by Crippen LogP contribution is 2.29. The average molecular weight is 228 g/mol. The summed E-state index contributed by atoms with van der Waals surface area (Å²) in [4.78, 5) is 8.71. The van der Waals surface area contributed by atoms with E-state index in [2.05, 4.69) is 34.4 Å². The number of hydrogen-bond acceptors (Lipinski definition) is 2. The topological polar surface area (TPSA) is 37.4 Å².